The highest BCUT2D eigenvalue weighted by molar-refractivity contribution is 6.31. The van der Waals surface area contributed by atoms with E-state index < -0.39 is 0 Å². The predicted octanol–water partition coefficient (Wildman–Crippen LogP) is 2.01. The average molecular weight is 307 g/mol. The Hall–Kier alpha value is -1.72. The van der Waals surface area contributed by atoms with E-state index in [1.54, 1.807) is 0 Å². The van der Waals surface area contributed by atoms with Crippen molar-refractivity contribution in [2.45, 2.75) is 6.42 Å². The quantitative estimate of drug-likeness (QED) is 0.673. The molecule has 0 saturated carbocycles. The monoisotopic (exact) mass is 306 g/mol. The van der Waals surface area contributed by atoms with Crippen LogP contribution in [-0.2, 0) is 11.2 Å². The van der Waals surface area contributed by atoms with E-state index in [1.165, 1.54) is 5.56 Å². The number of nitrogens with one attached hydrogen (secondary N) is 1. The van der Waals surface area contributed by atoms with Crippen LogP contribution in [0.4, 0.5) is 0 Å². The number of ether oxygens (including phenoxy) is 1. The van der Waals surface area contributed by atoms with Crippen LogP contribution < -0.4 is 5.73 Å². The van der Waals surface area contributed by atoms with E-state index in [-0.39, 0.29) is 0 Å². The zero-order chi connectivity index (χ0) is 14.7. The van der Waals surface area contributed by atoms with Gasteiger partial charge in [0, 0.05) is 41.8 Å². The summed E-state index contributed by atoms with van der Waals surface area (Å²) < 4.78 is 5.30. The molecule has 1 aromatic carbocycles. The van der Waals surface area contributed by atoms with E-state index in [2.05, 4.69) is 14.9 Å². The number of nitrogens with zero attached hydrogens (tertiary/aromatic N) is 2. The lowest BCUT2D eigenvalue weighted by Gasteiger charge is -2.27. The highest BCUT2D eigenvalue weighted by Gasteiger charge is 2.12. The van der Waals surface area contributed by atoms with Gasteiger partial charge in [0.15, 0.2) is 5.96 Å². The Bertz CT molecular complexity index is 646. The molecule has 1 saturated heterocycles. The first-order chi connectivity index (χ1) is 10.2. The van der Waals surface area contributed by atoms with Crippen LogP contribution in [0.3, 0.4) is 0 Å². The predicted molar refractivity (Wildman–Crippen MR) is 85.9 cm³/mol. The molecule has 0 bridgehead atoms. The lowest BCUT2D eigenvalue weighted by atomic mass is 10.1. The molecule has 6 heteroatoms. The molecule has 3 N–H and O–H groups in total. The first kappa shape index (κ1) is 14.2. The number of H-pyrrole nitrogens is 1. The number of hydrogen-bond acceptors (Lipinski definition) is 2. The standard InChI is InChI=1S/C15H19ClN4O/c16-12-1-2-14-13(9-12)11(10-19-14)3-4-18-15(17)20-5-7-21-8-6-20/h1-2,9-10,19H,3-8H2,(H2,17,18). The third-order valence-corrected chi connectivity index (χ3v) is 3.95. The van der Waals surface area contributed by atoms with Crippen molar-refractivity contribution in [3.05, 3.63) is 35.0 Å². The van der Waals surface area contributed by atoms with Crippen LogP contribution in [0, 0.1) is 0 Å². The second-order valence-corrected chi connectivity index (χ2v) is 5.53. The summed E-state index contributed by atoms with van der Waals surface area (Å²) in [7, 11) is 0. The van der Waals surface area contributed by atoms with Gasteiger partial charge in [0.25, 0.3) is 0 Å². The molecule has 0 spiro atoms. The number of nitrogens with two attached hydrogens (primary N) is 1. The number of aromatic nitrogens is 1. The minimum atomic E-state index is 0.608. The lowest BCUT2D eigenvalue weighted by molar-refractivity contribution is 0.0674. The second-order valence-electron chi connectivity index (χ2n) is 5.09. The molecule has 1 aliphatic rings. The Morgan fingerprint density at radius 3 is 3.00 bits per heavy atom. The molecule has 0 amide bonds. The van der Waals surface area contributed by atoms with E-state index in [4.69, 9.17) is 22.1 Å². The van der Waals surface area contributed by atoms with Crippen molar-refractivity contribution >= 4 is 28.5 Å². The van der Waals surface area contributed by atoms with Crippen LogP contribution in [0.5, 0.6) is 0 Å². The van der Waals surface area contributed by atoms with Gasteiger partial charge >= 0.3 is 0 Å². The summed E-state index contributed by atoms with van der Waals surface area (Å²) in [4.78, 5) is 9.79. The van der Waals surface area contributed by atoms with Crippen molar-refractivity contribution in [1.82, 2.24) is 9.88 Å². The van der Waals surface area contributed by atoms with Gasteiger partial charge in [-0.15, -0.1) is 0 Å². The van der Waals surface area contributed by atoms with Gasteiger partial charge in [-0.05, 0) is 30.2 Å². The Kier molecular flexibility index (Phi) is 4.31. The fourth-order valence-electron chi connectivity index (χ4n) is 2.54. The summed E-state index contributed by atoms with van der Waals surface area (Å²) in [6.07, 6.45) is 2.85. The number of aromatic amines is 1. The normalized spacial score (nSPS) is 16.6. The third-order valence-electron chi connectivity index (χ3n) is 3.72. The molecule has 21 heavy (non-hydrogen) atoms. The third kappa shape index (κ3) is 3.31. The SMILES string of the molecule is NC(=NCCc1c[nH]c2ccc(Cl)cc12)N1CCOCC1. The molecule has 1 fully saturated rings. The number of hydrogen-bond donors (Lipinski definition) is 2. The Morgan fingerprint density at radius 2 is 2.19 bits per heavy atom. The number of rotatable bonds is 3. The van der Waals surface area contributed by atoms with Crippen LogP contribution in [0.15, 0.2) is 29.4 Å². The highest BCUT2D eigenvalue weighted by atomic mass is 35.5. The van der Waals surface area contributed by atoms with Crippen molar-refractivity contribution in [1.29, 1.82) is 0 Å². The summed E-state index contributed by atoms with van der Waals surface area (Å²) in [5, 5.41) is 1.90. The number of fused-ring (bicyclic) bond motifs is 1. The van der Waals surface area contributed by atoms with Gasteiger partial charge < -0.3 is 20.4 Å². The van der Waals surface area contributed by atoms with E-state index >= 15 is 0 Å². The number of aliphatic imine (C=N–C) groups is 1. The van der Waals surface area contributed by atoms with Crippen LogP contribution in [0.1, 0.15) is 5.56 Å². The minimum Gasteiger partial charge on any atom is -0.378 e. The molecular formula is C15H19ClN4O. The van der Waals surface area contributed by atoms with Gasteiger partial charge in [-0.1, -0.05) is 11.6 Å². The fourth-order valence-corrected chi connectivity index (χ4v) is 2.71. The number of benzene rings is 1. The van der Waals surface area contributed by atoms with Gasteiger partial charge in [0.2, 0.25) is 0 Å². The maximum absolute atomic E-state index is 6.05. The van der Waals surface area contributed by atoms with Crippen LogP contribution in [-0.4, -0.2) is 48.7 Å². The molecule has 2 heterocycles. The maximum Gasteiger partial charge on any atom is 0.191 e. The Labute approximate surface area is 128 Å². The first-order valence-electron chi connectivity index (χ1n) is 7.12. The molecule has 3 rings (SSSR count). The average Bonchev–Trinajstić information content (AvgIpc) is 2.90. The van der Waals surface area contributed by atoms with Crippen LogP contribution >= 0.6 is 11.6 Å². The van der Waals surface area contributed by atoms with E-state index in [0.29, 0.717) is 12.5 Å². The Morgan fingerprint density at radius 1 is 1.38 bits per heavy atom. The summed E-state index contributed by atoms with van der Waals surface area (Å²) in [5.74, 6) is 0.608. The molecule has 0 aliphatic carbocycles. The minimum absolute atomic E-state index is 0.608. The number of morpholine rings is 1. The summed E-state index contributed by atoms with van der Waals surface area (Å²) in [6, 6.07) is 5.86. The molecule has 0 atom stereocenters. The summed E-state index contributed by atoms with van der Waals surface area (Å²) in [6.45, 7) is 3.74. The van der Waals surface area contributed by atoms with Crippen molar-refractivity contribution in [3.63, 3.8) is 0 Å². The number of halogens is 1. The van der Waals surface area contributed by atoms with Crippen LogP contribution in [0.2, 0.25) is 5.02 Å². The zero-order valence-corrected chi connectivity index (χ0v) is 12.6. The van der Waals surface area contributed by atoms with Gasteiger partial charge in [-0.2, -0.15) is 0 Å². The maximum atomic E-state index is 6.05. The van der Waals surface area contributed by atoms with Crippen molar-refractivity contribution in [2.75, 3.05) is 32.8 Å². The number of guanidine groups is 1. The molecule has 0 unspecified atom stereocenters. The van der Waals surface area contributed by atoms with Gasteiger partial charge in [-0.25, -0.2) is 0 Å². The molecule has 1 aromatic heterocycles. The van der Waals surface area contributed by atoms with Crippen molar-refractivity contribution in [3.8, 4) is 0 Å². The zero-order valence-electron chi connectivity index (χ0n) is 11.8. The van der Waals surface area contributed by atoms with Gasteiger partial charge in [0.05, 0.1) is 13.2 Å². The fraction of sp³-hybridized carbons (Fsp3) is 0.400. The molecular weight excluding hydrogens is 288 g/mol. The molecule has 2 aromatic rings. The van der Waals surface area contributed by atoms with Crippen LogP contribution in [0.25, 0.3) is 10.9 Å². The molecule has 0 radical (unpaired) electrons. The first-order valence-corrected chi connectivity index (χ1v) is 7.50. The molecule has 5 nitrogen and oxygen atoms in total. The Balaban J connectivity index is 1.64. The lowest BCUT2D eigenvalue weighted by Crippen LogP contribution is -2.44. The highest BCUT2D eigenvalue weighted by Crippen LogP contribution is 2.22. The summed E-state index contributed by atoms with van der Waals surface area (Å²) in [5.41, 5.74) is 8.33. The molecule has 1 aliphatic heterocycles. The van der Waals surface area contributed by atoms with Crippen molar-refractivity contribution < 1.29 is 4.74 Å². The van der Waals surface area contributed by atoms with E-state index in [0.717, 1.165) is 48.6 Å². The van der Waals surface area contributed by atoms with Crippen molar-refractivity contribution in [2.24, 2.45) is 10.7 Å². The van der Waals surface area contributed by atoms with Gasteiger partial charge in [-0.3, -0.25) is 4.99 Å². The smallest absolute Gasteiger partial charge is 0.191 e. The topological polar surface area (TPSA) is 66.6 Å². The van der Waals surface area contributed by atoms with E-state index in [1.807, 2.05) is 24.4 Å². The second kappa shape index (κ2) is 6.37. The van der Waals surface area contributed by atoms with Gasteiger partial charge in [0.1, 0.15) is 0 Å². The molecule has 112 valence electrons. The largest absolute Gasteiger partial charge is 0.378 e. The van der Waals surface area contributed by atoms with E-state index in [9.17, 15) is 0 Å². The summed E-state index contributed by atoms with van der Waals surface area (Å²) >= 11 is 6.05.